The Bertz CT molecular complexity index is 354. The summed E-state index contributed by atoms with van der Waals surface area (Å²) in [5.41, 5.74) is 3.66. The summed E-state index contributed by atoms with van der Waals surface area (Å²) in [5.74, 6) is -0.168. The normalized spacial score (nSPS) is 10.0. The number of anilines is 1. The second-order valence-electron chi connectivity index (χ2n) is 3.99. The second kappa shape index (κ2) is 5.54. The van der Waals surface area contributed by atoms with Crippen LogP contribution < -0.4 is 4.90 Å². The molecule has 0 aromatic heterocycles. The van der Waals surface area contributed by atoms with Gasteiger partial charge >= 0.3 is 5.97 Å². The summed E-state index contributed by atoms with van der Waals surface area (Å²) in [5, 5.41) is 0. The molecule has 0 aliphatic carbocycles. The maximum atomic E-state index is 11.1. The highest BCUT2D eigenvalue weighted by Gasteiger charge is 2.09. The lowest BCUT2D eigenvalue weighted by atomic mass is 10.1. The van der Waals surface area contributed by atoms with E-state index in [-0.39, 0.29) is 5.97 Å². The van der Waals surface area contributed by atoms with Crippen molar-refractivity contribution in [3.63, 3.8) is 0 Å². The van der Waals surface area contributed by atoms with Gasteiger partial charge in [0.25, 0.3) is 0 Å². The van der Waals surface area contributed by atoms with Crippen LogP contribution in [-0.4, -0.2) is 26.7 Å². The molecule has 0 heterocycles. The number of carbonyl (C=O) groups is 1. The lowest BCUT2D eigenvalue weighted by Gasteiger charge is -2.23. The highest BCUT2D eigenvalue weighted by Crippen LogP contribution is 2.23. The number of hydrogen-bond donors (Lipinski definition) is 0. The monoisotopic (exact) mass is 221 g/mol. The smallest absolute Gasteiger partial charge is 0.307 e. The van der Waals surface area contributed by atoms with Gasteiger partial charge in [0.05, 0.1) is 13.5 Å². The first-order valence-electron chi connectivity index (χ1n) is 5.40. The van der Waals surface area contributed by atoms with E-state index >= 15 is 0 Å². The van der Waals surface area contributed by atoms with Crippen LogP contribution in [0.5, 0.6) is 0 Å². The van der Waals surface area contributed by atoms with Gasteiger partial charge in [-0.25, -0.2) is 0 Å². The number of ether oxygens (including phenoxy) is 1. The molecule has 1 aromatic carbocycles. The van der Waals surface area contributed by atoms with E-state index in [1.807, 2.05) is 13.1 Å². The average molecular weight is 221 g/mol. The lowest BCUT2D eigenvalue weighted by Crippen LogP contribution is -2.23. The van der Waals surface area contributed by atoms with Crippen LogP contribution in [0.2, 0.25) is 0 Å². The zero-order valence-electron chi connectivity index (χ0n) is 10.4. The van der Waals surface area contributed by atoms with E-state index in [9.17, 15) is 4.79 Å². The molecule has 0 radical (unpaired) electrons. The Balaban J connectivity index is 2.73. The summed E-state index contributed by atoms with van der Waals surface area (Å²) >= 11 is 0. The first-order chi connectivity index (χ1) is 7.56. The predicted octanol–water partition coefficient (Wildman–Crippen LogP) is 2.30. The summed E-state index contributed by atoms with van der Waals surface area (Å²) in [7, 11) is 3.42. The lowest BCUT2D eigenvalue weighted by molar-refractivity contribution is -0.140. The number of esters is 1. The topological polar surface area (TPSA) is 29.5 Å². The molecule has 0 atom stereocenters. The third kappa shape index (κ3) is 2.99. The van der Waals surface area contributed by atoms with Gasteiger partial charge < -0.3 is 9.64 Å². The molecule has 0 bridgehead atoms. The Labute approximate surface area is 97.0 Å². The van der Waals surface area contributed by atoms with Gasteiger partial charge in [-0.3, -0.25) is 4.79 Å². The van der Waals surface area contributed by atoms with Gasteiger partial charge in [0.2, 0.25) is 0 Å². The molecule has 0 spiro atoms. The van der Waals surface area contributed by atoms with Crippen molar-refractivity contribution in [2.75, 3.05) is 25.6 Å². The number of carbonyl (C=O) groups excluding carboxylic acids is 1. The van der Waals surface area contributed by atoms with Crippen molar-refractivity contribution in [3.05, 3.63) is 29.3 Å². The number of benzene rings is 1. The molecule has 88 valence electrons. The maximum Gasteiger partial charge on any atom is 0.307 e. The minimum Gasteiger partial charge on any atom is -0.469 e. The van der Waals surface area contributed by atoms with E-state index in [1.165, 1.54) is 23.9 Å². The summed E-state index contributed by atoms with van der Waals surface area (Å²) < 4.78 is 4.63. The van der Waals surface area contributed by atoms with Gasteiger partial charge in [-0.05, 0) is 25.0 Å². The largest absolute Gasteiger partial charge is 0.469 e. The van der Waals surface area contributed by atoms with Gasteiger partial charge in [0.15, 0.2) is 0 Å². The molecule has 16 heavy (non-hydrogen) atoms. The van der Waals surface area contributed by atoms with E-state index in [0.29, 0.717) is 13.0 Å². The number of hydrogen-bond acceptors (Lipinski definition) is 3. The molecule has 0 fully saturated rings. The second-order valence-corrected chi connectivity index (χ2v) is 3.99. The van der Waals surface area contributed by atoms with Gasteiger partial charge in [-0.2, -0.15) is 0 Å². The number of nitrogens with zero attached hydrogens (tertiary/aromatic N) is 1. The molecular weight excluding hydrogens is 202 g/mol. The maximum absolute atomic E-state index is 11.1. The zero-order chi connectivity index (χ0) is 12.1. The van der Waals surface area contributed by atoms with Gasteiger partial charge in [-0.1, -0.05) is 18.2 Å². The molecule has 0 aliphatic heterocycles. The minimum atomic E-state index is -0.168. The third-order valence-corrected chi connectivity index (χ3v) is 2.70. The van der Waals surface area contributed by atoms with E-state index in [2.05, 4.69) is 35.6 Å². The van der Waals surface area contributed by atoms with E-state index < -0.39 is 0 Å². The van der Waals surface area contributed by atoms with Crippen LogP contribution in [0.25, 0.3) is 0 Å². The standard InChI is InChI=1S/C13H19NO2/c1-10-6-5-7-11(2)13(10)14(3)9-8-12(15)16-4/h5-7H,8-9H2,1-4H3. The number of methoxy groups -OCH3 is 1. The fourth-order valence-corrected chi connectivity index (χ4v) is 1.88. The molecule has 1 aromatic rings. The van der Waals surface area contributed by atoms with Crippen LogP contribution in [0.3, 0.4) is 0 Å². The van der Waals surface area contributed by atoms with Crippen molar-refractivity contribution in [1.82, 2.24) is 0 Å². The Morgan fingerprint density at radius 2 is 1.88 bits per heavy atom. The van der Waals surface area contributed by atoms with Crippen LogP contribution in [0, 0.1) is 13.8 Å². The Morgan fingerprint density at radius 1 is 1.31 bits per heavy atom. The fraction of sp³-hybridized carbons (Fsp3) is 0.462. The third-order valence-electron chi connectivity index (χ3n) is 2.70. The Kier molecular flexibility index (Phi) is 4.35. The Hall–Kier alpha value is -1.51. The molecule has 3 nitrogen and oxygen atoms in total. The zero-order valence-corrected chi connectivity index (χ0v) is 10.4. The van der Waals surface area contributed by atoms with Gasteiger partial charge in [-0.15, -0.1) is 0 Å². The van der Waals surface area contributed by atoms with Crippen molar-refractivity contribution in [3.8, 4) is 0 Å². The predicted molar refractivity (Wildman–Crippen MR) is 65.8 cm³/mol. The average Bonchev–Trinajstić information content (AvgIpc) is 2.25. The van der Waals surface area contributed by atoms with Gasteiger partial charge in [0.1, 0.15) is 0 Å². The highest BCUT2D eigenvalue weighted by atomic mass is 16.5. The van der Waals surface area contributed by atoms with Crippen molar-refractivity contribution in [2.45, 2.75) is 20.3 Å². The van der Waals surface area contributed by atoms with Gasteiger partial charge in [0, 0.05) is 19.3 Å². The van der Waals surface area contributed by atoms with Crippen LogP contribution in [0.1, 0.15) is 17.5 Å². The molecule has 0 saturated carbocycles. The molecular formula is C13H19NO2. The highest BCUT2D eigenvalue weighted by molar-refractivity contribution is 5.70. The number of aryl methyl sites for hydroxylation is 2. The summed E-state index contributed by atoms with van der Waals surface area (Å²) in [6, 6.07) is 6.20. The van der Waals surface area contributed by atoms with E-state index in [0.717, 1.165) is 0 Å². The van der Waals surface area contributed by atoms with Crippen LogP contribution in [-0.2, 0) is 9.53 Å². The SMILES string of the molecule is COC(=O)CCN(C)c1c(C)cccc1C. The molecule has 0 N–H and O–H groups in total. The number of para-hydroxylation sites is 1. The van der Waals surface area contributed by atoms with Crippen molar-refractivity contribution >= 4 is 11.7 Å². The van der Waals surface area contributed by atoms with Crippen LogP contribution in [0.15, 0.2) is 18.2 Å². The van der Waals surface area contributed by atoms with Crippen LogP contribution >= 0.6 is 0 Å². The molecule has 1 rings (SSSR count). The summed E-state index contributed by atoms with van der Waals surface area (Å²) in [6.45, 7) is 4.84. The van der Waals surface area contributed by atoms with Crippen molar-refractivity contribution < 1.29 is 9.53 Å². The molecule has 0 unspecified atom stereocenters. The molecule has 0 aliphatic rings. The number of rotatable bonds is 4. The molecule has 0 amide bonds. The summed E-state index contributed by atoms with van der Waals surface area (Å²) in [4.78, 5) is 13.2. The minimum absolute atomic E-state index is 0.168. The Morgan fingerprint density at radius 3 is 2.38 bits per heavy atom. The van der Waals surface area contributed by atoms with Crippen molar-refractivity contribution in [2.24, 2.45) is 0 Å². The van der Waals surface area contributed by atoms with Crippen LogP contribution in [0.4, 0.5) is 5.69 Å². The first kappa shape index (κ1) is 12.6. The quantitative estimate of drug-likeness (QED) is 0.731. The first-order valence-corrected chi connectivity index (χ1v) is 5.40. The fourth-order valence-electron chi connectivity index (χ4n) is 1.88. The summed E-state index contributed by atoms with van der Waals surface area (Å²) in [6.07, 6.45) is 0.417. The molecule has 3 heteroatoms. The van der Waals surface area contributed by atoms with E-state index in [4.69, 9.17) is 0 Å². The molecule has 0 saturated heterocycles. The van der Waals surface area contributed by atoms with E-state index in [1.54, 1.807) is 0 Å². The van der Waals surface area contributed by atoms with Crippen molar-refractivity contribution in [1.29, 1.82) is 0 Å².